The number of sulfone groups is 1. The van der Waals surface area contributed by atoms with E-state index in [2.05, 4.69) is 24.1 Å². The minimum absolute atomic E-state index is 0.0577. The number of carbonyl (C=O) groups excluding carboxylic acids is 1. The molecule has 1 N–H and O–H groups in total. The predicted octanol–water partition coefficient (Wildman–Crippen LogP) is 0.157. The van der Waals surface area contributed by atoms with Crippen LogP contribution in [-0.4, -0.2) is 74.5 Å². The largest absolute Gasteiger partial charge is 0.338 e. The van der Waals surface area contributed by atoms with E-state index in [0.717, 1.165) is 26.2 Å². The summed E-state index contributed by atoms with van der Waals surface area (Å²) in [7, 11) is -2.86. The number of amides is 2. The van der Waals surface area contributed by atoms with Crippen molar-refractivity contribution in [3.8, 4) is 0 Å². The first kappa shape index (κ1) is 15.6. The number of hydrogen-bond donors (Lipinski definition) is 1. The molecule has 0 aromatic carbocycles. The molecular formula is C13H25N3O3S. The molecule has 2 aliphatic rings. The first-order chi connectivity index (χ1) is 9.37. The van der Waals surface area contributed by atoms with Crippen molar-refractivity contribution in [2.75, 3.05) is 44.2 Å². The van der Waals surface area contributed by atoms with Crippen LogP contribution in [0.3, 0.4) is 0 Å². The molecule has 2 fully saturated rings. The number of nitrogens with zero attached hydrogens (tertiary/aromatic N) is 2. The topological polar surface area (TPSA) is 69.7 Å². The summed E-state index contributed by atoms with van der Waals surface area (Å²) < 4.78 is 22.7. The zero-order valence-electron chi connectivity index (χ0n) is 12.3. The molecule has 2 amide bonds. The average molecular weight is 303 g/mol. The summed E-state index contributed by atoms with van der Waals surface area (Å²) in [4.78, 5) is 16.2. The van der Waals surface area contributed by atoms with Crippen molar-refractivity contribution in [3.05, 3.63) is 0 Å². The Kier molecular flexibility index (Phi) is 4.90. The van der Waals surface area contributed by atoms with Gasteiger partial charge in [0.1, 0.15) is 0 Å². The maximum atomic E-state index is 12.0. The fourth-order valence-electron chi connectivity index (χ4n) is 2.82. The SMILES string of the molecule is CC(C)N1CCN(C(=O)NC[C@H]2CCS(=O)(=O)C2)CC1. The average Bonchev–Trinajstić information content (AvgIpc) is 2.75. The van der Waals surface area contributed by atoms with Crippen molar-refractivity contribution >= 4 is 15.9 Å². The molecule has 0 bridgehead atoms. The standard InChI is InChI=1S/C13H25N3O3S/c1-11(2)15-4-6-16(7-5-15)13(17)14-9-12-3-8-20(18,19)10-12/h11-12H,3-10H2,1-2H3,(H,14,17)/t12-/m1/s1. The van der Waals surface area contributed by atoms with Crippen LogP contribution in [0.4, 0.5) is 4.79 Å². The zero-order valence-corrected chi connectivity index (χ0v) is 13.2. The normalized spacial score (nSPS) is 26.9. The second-order valence-electron chi connectivity index (χ2n) is 6.07. The summed E-state index contributed by atoms with van der Waals surface area (Å²) in [5, 5.41) is 2.88. The molecule has 2 aliphatic heterocycles. The molecule has 0 aromatic rings. The monoisotopic (exact) mass is 303 g/mol. The highest BCUT2D eigenvalue weighted by Gasteiger charge is 2.29. The lowest BCUT2D eigenvalue weighted by Gasteiger charge is -2.36. The van der Waals surface area contributed by atoms with E-state index >= 15 is 0 Å². The molecule has 2 saturated heterocycles. The minimum atomic E-state index is -2.86. The van der Waals surface area contributed by atoms with Crippen LogP contribution >= 0.6 is 0 Å². The van der Waals surface area contributed by atoms with Gasteiger partial charge in [0.15, 0.2) is 9.84 Å². The van der Waals surface area contributed by atoms with Crippen molar-refractivity contribution in [2.24, 2.45) is 5.92 Å². The summed E-state index contributed by atoms with van der Waals surface area (Å²) in [6.07, 6.45) is 0.670. The Morgan fingerprint density at radius 2 is 1.90 bits per heavy atom. The number of rotatable bonds is 3. The Bertz CT molecular complexity index is 442. The summed E-state index contributed by atoms with van der Waals surface area (Å²) in [6.45, 7) is 8.10. The highest BCUT2D eigenvalue weighted by Crippen LogP contribution is 2.17. The molecule has 7 heteroatoms. The molecule has 1 atom stereocenters. The molecule has 2 heterocycles. The summed E-state index contributed by atoms with van der Waals surface area (Å²) >= 11 is 0. The molecule has 116 valence electrons. The maximum absolute atomic E-state index is 12.0. The number of hydrogen-bond acceptors (Lipinski definition) is 4. The first-order valence-corrected chi connectivity index (χ1v) is 9.17. The van der Waals surface area contributed by atoms with E-state index < -0.39 is 9.84 Å². The van der Waals surface area contributed by atoms with Gasteiger partial charge < -0.3 is 10.2 Å². The van der Waals surface area contributed by atoms with Gasteiger partial charge in [0, 0.05) is 38.8 Å². The lowest BCUT2D eigenvalue weighted by atomic mass is 10.1. The van der Waals surface area contributed by atoms with Crippen molar-refractivity contribution in [1.29, 1.82) is 0 Å². The Morgan fingerprint density at radius 1 is 1.25 bits per heavy atom. The number of piperazine rings is 1. The quantitative estimate of drug-likeness (QED) is 0.806. The summed E-state index contributed by atoms with van der Waals surface area (Å²) in [5.74, 6) is 0.565. The maximum Gasteiger partial charge on any atom is 0.317 e. The fraction of sp³-hybridized carbons (Fsp3) is 0.923. The number of carbonyl (C=O) groups is 1. The molecule has 0 unspecified atom stereocenters. The van der Waals surface area contributed by atoms with Crippen LogP contribution in [-0.2, 0) is 9.84 Å². The molecule has 0 spiro atoms. The first-order valence-electron chi connectivity index (χ1n) is 7.34. The summed E-state index contributed by atoms with van der Waals surface area (Å²) in [6, 6.07) is 0.460. The van der Waals surface area contributed by atoms with Crippen molar-refractivity contribution in [3.63, 3.8) is 0 Å². The highest BCUT2D eigenvalue weighted by molar-refractivity contribution is 7.91. The van der Waals surface area contributed by atoms with Crippen LogP contribution < -0.4 is 5.32 Å². The molecule has 2 rings (SSSR count). The van der Waals surface area contributed by atoms with Crippen LogP contribution in [0, 0.1) is 5.92 Å². The molecular weight excluding hydrogens is 278 g/mol. The van der Waals surface area contributed by atoms with E-state index in [1.165, 1.54) is 0 Å². The van der Waals surface area contributed by atoms with Gasteiger partial charge in [-0.05, 0) is 26.2 Å². The van der Waals surface area contributed by atoms with Gasteiger partial charge in [0.2, 0.25) is 0 Å². The van der Waals surface area contributed by atoms with E-state index in [4.69, 9.17) is 0 Å². The Morgan fingerprint density at radius 3 is 2.40 bits per heavy atom. The second kappa shape index (κ2) is 6.30. The third kappa shape index (κ3) is 4.09. The van der Waals surface area contributed by atoms with Gasteiger partial charge >= 0.3 is 6.03 Å². The Labute approximate surface area is 121 Å². The van der Waals surface area contributed by atoms with Gasteiger partial charge in [0.25, 0.3) is 0 Å². The van der Waals surface area contributed by atoms with Gasteiger partial charge in [-0.15, -0.1) is 0 Å². The minimum Gasteiger partial charge on any atom is -0.338 e. The smallest absolute Gasteiger partial charge is 0.317 e. The van der Waals surface area contributed by atoms with E-state index in [1.807, 2.05) is 4.90 Å². The van der Waals surface area contributed by atoms with E-state index in [0.29, 0.717) is 19.0 Å². The summed E-state index contributed by atoms with van der Waals surface area (Å²) in [5.41, 5.74) is 0. The molecule has 0 aliphatic carbocycles. The predicted molar refractivity (Wildman–Crippen MR) is 78.4 cm³/mol. The third-order valence-electron chi connectivity index (χ3n) is 4.20. The Hall–Kier alpha value is -0.820. The lowest BCUT2D eigenvalue weighted by molar-refractivity contribution is 0.119. The third-order valence-corrected chi connectivity index (χ3v) is 6.04. The van der Waals surface area contributed by atoms with Crippen LogP contribution in [0.15, 0.2) is 0 Å². The highest BCUT2D eigenvalue weighted by atomic mass is 32.2. The van der Waals surface area contributed by atoms with Gasteiger partial charge in [-0.25, -0.2) is 13.2 Å². The van der Waals surface area contributed by atoms with Gasteiger partial charge in [-0.1, -0.05) is 0 Å². The number of nitrogens with one attached hydrogen (secondary N) is 1. The fourth-order valence-corrected chi connectivity index (χ4v) is 4.68. The zero-order chi connectivity index (χ0) is 14.8. The second-order valence-corrected chi connectivity index (χ2v) is 8.30. The van der Waals surface area contributed by atoms with E-state index in [1.54, 1.807) is 0 Å². The van der Waals surface area contributed by atoms with Crippen molar-refractivity contribution < 1.29 is 13.2 Å². The lowest BCUT2D eigenvalue weighted by Crippen LogP contribution is -2.53. The van der Waals surface area contributed by atoms with Crippen LogP contribution in [0.2, 0.25) is 0 Å². The van der Waals surface area contributed by atoms with Crippen molar-refractivity contribution in [2.45, 2.75) is 26.3 Å². The van der Waals surface area contributed by atoms with Crippen LogP contribution in [0.25, 0.3) is 0 Å². The molecule has 0 aromatic heterocycles. The van der Waals surface area contributed by atoms with Gasteiger partial charge in [-0.2, -0.15) is 0 Å². The Balaban J connectivity index is 1.71. The van der Waals surface area contributed by atoms with Gasteiger partial charge in [-0.3, -0.25) is 4.90 Å². The van der Waals surface area contributed by atoms with Crippen molar-refractivity contribution in [1.82, 2.24) is 15.1 Å². The molecule has 0 radical (unpaired) electrons. The van der Waals surface area contributed by atoms with Gasteiger partial charge in [0.05, 0.1) is 11.5 Å². The van der Waals surface area contributed by atoms with E-state index in [9.17, 15) is 13.2 Å². The van der Waals surface area contributed by atoms with E-state index in [-0.39, 0.29) is 23.5 Å². The van der Waals surface area contributed by atoms with Crippen LogP contribution in [0.5, 0.6) is 0 Å². The molecule has 0 saturated carbocycles. The molecule has 20 heavy (non-hydrogen) atoms. The molecule has 6 nitrogen and oxygen atoms in total. The number of urea groups is 1. The van der Waals surface area contributed by atoms with Crippen LogP contribution in [0.1, 0.15) is 20.3 Å².